The lowest BCUT2D eigenvalue weighted by Crippen LogP contribution is -2.34. The Labute approximate surface area is 187 Å². The third kappa shape index (κ3) is 5.01. The highest BCUT2D eigenvalue weighted by Crippen LogP contribution is 2.16. The van der Waals surface area contributed by atoms with E-state index in [4.69, 9.17) is 0 Å². The van der Waals surface area contributed by atoms with E-state index in [0.717, 1.165) is 33.9 Å². The van der Waals surface area contributed by atoms with Gasteiger partial charge in [0.05, 0.1) is 6.54 Å². The number of hydrogen-bond acceptors (Lipinski definition) is 5. The molecule has 0 atom stereocenters. The van der Waals surface area contributed by atoms with Crippen LogP contribution < -0.4 is 5.32 Å². The van der Waals surface area contributed by atoms with Crippen LogP contribution in [0.15, 0.2) is 42.7 Å². The average molecular weight is 433 g/mol. The predicted octanol–water partition coefficient (Wildman–Crippen LogP) is 2.24. The average Bonchev–Trinajstić information content (AvgIpc) is 3.05. The van der Waals surface area contributed by atoms with E-state index in [0.29, 0.717) is 45.4 Å². The van der Waals surface area contributed by atoms with Gasteiger partial charge in [-0.3, -0.25) is 14.6 Å². The normalized spacial score (nSPS) is 13.4. The summed E-state index contributed by atoms with van der Waals surface area (Å²) in [6.07, 6.45) is 5.17. The van der Waals surface area contributed by atoms with Crippen LogP contribution in [0.2, 0.25) is 0 Å². The van der Waals surface area contributed by atoms with Crippen molar-refractivity contribution < 1.29 is 9.59 Å². The molecule has 32 heavy (non-hydrogen) atoms. The van der Waals surface area contributed by atoms with E-state index in [1.807, 2.05) is 53.6 Å². The third-order valence-corrected chi connectivity index (χ3v) is 5.81. The SMILES string of the molecule is Cc1ccc(C(=O)N2CCc3nnc(CNC(=O)CCc4cccnc4)n3CC2)c(C)c1. The van der Waals surface area contributed by atoms with Gasteiger partial charge in [-0.1, -0.05) is 23.8 Å². The number of nitrogens with zero attached hydrogens (tertiary/aromatic N) is 5. The molecule has 1 N–H and O–H groups in total. The number of nitrogens with one attached hydrogen (secondary N) is 1. The zero-order valence-electron chi connectivity index (χ0n) is 18.5. The molecule has 2 aromatic heterocycles. The van der Waals surface area contributed by atoms with Crippen molar-refractivity contribution in [3.63, 3.8) is 0 Å². The zero-order valence-corrected chi connectivity index (χ0v) is 18.5. The van der Waals surface area contributed by atoms with Crippen molar-refractivity contribution in [2.75, 3.05) is 13.1 Å². The van der Waals surface area contributed by atoms with E-state index in [2.05, 4.69) is 20.5 Å². The summed E-state index contributed by atoms with van der Waals surface area (Å²) in [6, 6.07) is 9.75. The van der Waals surface area contributed by atoms with Gasteiger partial charge in [-0.25, -0.2) is 0 Å². The molecule has 1 aliphatic rings. The highest BCUT2D eigenvalue weighted by Gasteiger charge is 2.23. The molecule has 8 heteroatoms. The summed E-state index contributed by atoms with van der Waals surface area (Å²) in [6.45, 7) is 6.12. The van der Waals surface area contributed by atoms with Crippen LogP contribution in [0.3, 0.4) is 0 Å². The van der Waals surface area contributed by atoms with E-state index < -0.39 is 0 Å². The number of fused-ring (bicyclic) bond motifs is 1. The first-order chi connectivity index (χ1) is 15.5. The van der Waals surface area contributed by atoms with Crippen LogP contribution in [0.1, 0.15) is 45.1 Å². The fourth-order valence-corrected chi connectivity index (χ4v) is 4.01. The van der Waals surface area contributed by atoms with Gasteiger partial charge in [0, 0.05) is 50.4 Å². The predicted molar refractivity (Wildman–Crippen MR) is 120 cm³/mol. The van der Waals surface area contributed by atoms with Crippen LogP contribution in [0.5, 0.6) is 0 Å². The number of rotatable bonds is 6. The van der Waals surface area contributed by atoms with Crippen molar-refractivity contribution in [3.05, 3.63) is 76.6 Å². The minimum atomic E-state index is -0.0357. The van der Waals surface area contributed by atoms with Crippen molar-refractivity contribution in [2.24, 2.45) is 0 Å². The number of aromatic nitrogens is 4. The molecule has 0 radical (unpaired) electrons. The number of hydrogen-bond donors (Lipinski definition) is 1. The van der Waals surface area contributed by atoms with Crippen molar-refractivity contribution in [1.82, 2.24) is 30.0 Å². The highest BCUT2D eigenvalue weighted by molar-refractivity contribution is 5.95. The van der Waals surface area contributed by atoms with Crippen molar-refractivity contribution in [3.8, 4) is 0 Å². The Bertz CT molecular complexity index is 1110. The second kappa shape index (κ2) is 9.72. The van der Waals surface area contributed by atoms with Gasteiger partial charge in [-0.2, -0.15) is 0 Å². The van der Waals surface area contributed by atoms with E-state index in [-0.39, 0.29) is 11.8 Å². The number of aryl methyl sites for hydroxylation is 3. The summed E-state index contributed by atoms with van der Waals surface area (Å²) in [5.74, 6) is 1.58. The Morgan fingerprint density at radius 1 is 1.09 bits per heavy atom. The van der Waals surface area contributed by atoms with E-state index >= 15 is 0 Å². The maximum absolute atomic E-state index is 13.1. The molecule has 3 aromatic rings. The molecule has 3 heterocycles. The minimum Gasteiger partial charge on any atom is -0.349 e. The number of carbonyl (C=O) groups excluding carboxylic acids is 2. The lowest BCUT2D eigenvalue weighted by molar-refractivity contribution is -0.121. The summed E-state index contributed by atoms with van der Waals surface area (Å²) in [5, 5.41) is 11.5. The number of amides is 2. The van der Waals surface area contributed by atoms with Crippen LogP contribution >= 0.6 is 0 Å². The fourth-order valence-electron chi connectivity index (χ4n) is 4.01. The van der Waals surface area contributed by atoms with Crippen LogP contribution in [-0.2, 0) is 30.7 Å². The van der Waals surface area contributed by atoms with Gasteiger partial charge in [0.2, 0.25) is 5.91 Å². The minimum absolute atomic E-state index is 0.0357. The summed E-state index contributed by atoms with van der Waals surface area (Å²) in [7, 11) is 0. The summed E-state index contributed by atoms with van der Waals surface area (Å²) >= 11 is 0. The third-order valence-electron chi connectivity index (χ3n) is 5.81. The molecule has 0 saturated heterocycles. The van der Waals surface area contributed by atoms with Gasteiger partial charge in [0.25, 0.3) is 5.91 Å². The number of pyridine rings is 1. The van der Waals surface area contributed by atoms with Crippen molar-refractivity contribution >= 4 is 11.8 Å². The van der Waals surface area contributed by atoms with Crippen LogP contribution in [0.25, 0.3) is 0 Å². The van der Waals surface area contributed by atoms with Crippen LogP contribution in [-0.4, -0.2) is 49.6 Å². The second-order valence-electron chi connectivity index (χ2n) is 8.18. The van der Waals surface area contributed by atoms with E-state index in [1.54, 1.807) is 12.4 Å². The summed E-state index contributed by atoms with van der Waals surface area (Å²) in [5.41, 5.74) is 3.92. The van der Waals surface area contributed by atoms with Crippen molar-refractivity contribution in [2.45, 2.75) is 46.2 Å². The molecule has 0 aliphatic carbocycles. The summed E-state index contributed by atoms with van der Waals surface area (Å²) in [4.78, 5) is 31.3. The zero-order chi connectivity index (χ0) is 22.5. The molecular formula is C24H28N6O2. The Kier molecular flexibility index (Phi) is 6.58. The maximum atomic E-state index is 13.1. The molecule has 0 bridgehead atoms. The Hall–Kier alpha value is -3.55. The topological polar surface area (TPSA) is 93.0 Å². The fraction of sp³-hybridized carbons (Fsp3) is 0.375. The molecule has 1 aliphatic heterocycles. The molecule has 166 valence electrons. The largest absolute Gasteiger partial charge is 0.349 e. The first kappa shape index (κ1) is 21.7. The van der Waals surface area contributed by atoms with E-state index in [9.17, 15) is 9.59 Å². The second-order valence-corrected chi connectivity index (χ2v) is 8.18. The van der Waals surface area contributed by atoms with Gasteiger partial charge in [-0.15, -0.1) is 10.2 Å². The molecule has 0 spiro atoms. The molecule has 1 aromatic carbocycles. The quantitative estimate of drug-likeness (QED) is 0.645. The van der Waals surface area contributed by atoms with Crippen LogP contribution in [0, 0.1) is 13.8 Å². The van der Waals surface area contributed by atoms with Crippen molar-refractivity contribution in [1.29, 1.82) is 0 Å². The molecule has 0 unspecified atom stereocenters. The first-order valence-corrected chi connectivity index (χ1v) is 10.9. The van der Waals surface area contributed by atoms with Gasteiger partial charge in [0.1, 0.15) is 5.82 Å². The summed E-state index contributed by atoms with van der Waals surface area (Å²) < 4.78 is 2.02. The van der Waals surface area contributed by atoms with Crippen LogP contribution in [0.4, 0.5) is 0 Å². The molecule has 2 amide bonds. The standard InChI is InChI=1S/C24H28N6O2/c1-17-5-7-20(18(2)14-17)24(32)29-11-9-21-27-28-22(30(21)13-12-29)16-26-23(31)8-6-19-4-3-10-25-15-19/h3-5,7,10,14-15H,6,8-9,11-13,16H2,1-2H3,(H,26,31). The highest BCUT2D eigenvalue weighted by atomic mass is 16.2. The van der Waals surface area contributed by atoms with Gasteiger partial charge in [-0.05, 0) is 43.5 Å². The first-order valence-electron chi connectivity index (χ1n) is 10.9. The number of carbonyl (C=O) groups is 2. The van der Waals surface area contributed by atoms with Gasteiger partial charge in [0.15, 0.2) is 5.82 Å². The monoisotopic (exact) mass is 432 g/mol. The molecule has 0 saturated carbocycles. The maximum Gasteiger partial charge on any atom is 0.254 e. The van der Waals surface area contributed by atoms with Gasteiger partial charge >= 0.3 is 0 Å². The van der Waals surface area contributed by atoms with Gasteiger partial charge < -0.3 is 14.8 Å². The lowest BCUT2D eigenvalue weighted by Gasteiger charge is -2.21. The van der Waals surface area contributed by atoms with E-state index in [1.165, 1.54) is 0 Å². The molecule has 4 rings (SSSR count). The Balaban J connectivity index is 1.34. The Morgan fingerprint density at radius 2 is 1.97 bits per heavy atom. The molecule has 8 nitrogen and oxygen atoms in total. The Morgan fingerprint density at radius 3 is 2.75 bits per heavy atom. The molecular weight excluding hydrogens is 404 g/mol. The number of benzene rings is 1. The smallest absolute Gasteiger partial charge is 0.254 e. The molecule has 0 fully saturated rings. The lowest BCUT2D eigenvalue weighted by atomic mass is 10.0.